The van der Waals surface area contributed by atoms with Crippen molar-refractivity contribution in [3.63, 3.8) is 0 Å². The quantitative estimate of drug-likeness (QED) is 0.471. The Labute approximate surface area is 137 Å². The average Bonchev–Trinajstić information content (AvgIpc) is 2.90. The van der Waals surface area contributed by atoms with Crippen LogP contribution in [0, 0.1) is 0 Å². The number of nitrogens with one attached hydrogen (secondary N) is 2. The largest absolute Gasteiger partial charge is 0.454 e. The van der Waals surface area contributed by atoms with Gasteiger partial charge in [-0.25, -0.2) is 0 Å². The summed E-state index contributed by atoms with van der Waals surface area (Å²) in [7, 11) is 1.78. The molecule has 20 heavy (non-hydrogen) atoms. The fourth-order valence-electron chi connectivity index (χ4n) is 1.77. The first-order valence-electron chi connectivity index (χ1n) is 6.58. The molecule has 1 aromatic rings. The third-order valence-corrected chi connectivity index (χ3v) is 3.12. The number of aliphatic imine (C=N–C) groups is 1. The minimum atomic E-state index is 0. The van der Waals surface area contributed by atoms with Crippen molar-refractivity contribution in [3.05, 3.63) is 23.8 Å². The van der Waals surface area contributed by atoms with Crippen LogP contribution in [0.2, 0.25) is 0 Å². The van der Waals surface area contributed by atoms with Crippen molar-refractivity contribution in [3.8, 4) is 11.5 Å². The van der Waals surface area contributed by atoms with E-state index in [1.54, 1.807) is 7.05 Å². The van der Waals surface area contributed by atoms with Crippen LogP contribution in [0.5, 0.6) is 11.5 Å². The van der Waals surface area contributed by atoms with Gasteiger partial charge in [0.2, 0.25) is 6.79 Å². The average molecular weight is 391 g/mol. The molecule has 112 valence electrons. The molecular formula is C14H22IN3O2. The highest BCUT2D eigenvalue weighted by Gasteiger charge is 2.13. The SMILES string of the molecule is CCC(C)NC(=NC)NCc1ccc2c(c1)OCO2.I. The van der Waals surface area contributed by atoms with E-state index in [0.29, 0.717) is 19.4 Å². The predicted molar refractivity (Wildman–Crippen MR) is 91.1 cm³/mol. The third kappa shape index (κ3) is 4.43. The number of hydrogen-bond acceptors (Lipinski definition) is 3. The lowest BCUT2D eigenvalue weighted by molar-refractivity contribution is 0.174. The van der Waals surface area contributed by atoms with Crippen molar-refractivity contribution in [2.75, 3.05) is 13.8 Å². The summed E-state index contributed by atoms with van der Waals surface area (Å²) in [4.78, 5) is 4.20. The number of benzene rings is 1. The van der Waals surface area contributed by atoms with E-state index in [9.17, 15) is 0 Å². The highest BCUT2D eigenvalue weighted by Crippen LogP contribution is 2.32. The van der Waals surface area contributed by atoms with E-state index in [4.69, 9.17) is 9.47 Å². The molecule has 1 atom stereocenters. The molecule has 0 spiro atoms. The van der Waals surface area contributed by atoms with Gasteiger partial charge in [-0.3, -0.25) is 4.99 Å². The van der Waals surface area contributed by atoms with Crippen molar-refractivity contribution in [1.82, 2.24) is 10.6 Å². The lowest BCUT2D eigenvalue weighted by atomic mass is 10.2. The molecule has 2 N–H and O–H groups in total. The Morgan fingerprint density at radius 2 is 2.10 bits per heavy atom. The Kier molecular flexibility index (Phi) is 6.90. The number of guanidine groups is 1. The van der Waals surface area contributed by atoms with Crippen LogP contribution in [0.25, 0.3) is 0 Å². The molecule has 0 saturated carbocycles. The predicted octanol–water partition coefficient (Wildman–Crippen LogP) is 2.50. The lowest BCUT2D eigenvalue weighted by Gasteiger charge is -2.16. The van der Waals surface area contributed by atoms with E-state index in [1.807, 2.05) is 18.2 Å². The number of ether oxygens (including phenoxy) is 2. The van der Waals surface area contributed by atoms with Crippen LogP contribution in [0.1, 0.15) is 25.8 Å². The number of halogens is 1. The molecule has 0 aliphatic carbocycles. The Morgan fingerprint density at radius 1 is 1.35 bits per heavy atom. The molecule has 0 radical (unpaired) electrons. The van der Waals surface area contributed by atoms with Gasteiger partial charge in [-0.1, -0.05) is 13.0 Å². The zero-order valence-corrected chi connectivity index (χ0v) is 14.4. The molecular weight excluding hydrogens is 369 g/mol. The summed E-state index contributed by atoms with van der Waals surface area (Å²) in [6, 6.07) is 6.36. The first kappa shape index (κ1) is 16.9. The molecule has 1 aromatic carbocycles. The highest BCUT2D eigenvalue weighted by molar-refractivity contribution is 14.0. The second kappa shape index (κ2) is 8.18. The van der Waals surface area contributed by atoms with E-state index in [1.165, 1.54) is 0 Å². The Balaban J connectivity index is 0.00000200. The topological polar surface area (TPSA) is 54.9 Å². The molecule has 0 saturated heterocycles. The molecule has 0 fully saturated rings. The zero-order chi connectivity index (χ0) is 13.7. The smallest absolute Gasteiger partial charge is 0.231 e. The first-order valence-corrected chi connectivity index (χ1v) is 6.58. The highest BCUT2D eigenvalue weighted by atomic mass is 127. The summed E-state index contributed by atoms with van der Waals surface area (Å²) >= 11 is 0. The van der Waals surface area contributed by atoms with E-state index in [-0.39, 0.29) is 24.0 Å². The number of rotatable bonds is 4. The first-order chi connectivity index (χ1) is 9.22. The number of hydrogen-bond donors (Lipinski definition) is 2. The lowest BCUT2D eigenvalue weighted by Crippen LogP contribution is -2.41. The van der Waals surface area contributed by atoms with Gasteiger partial charge in [0.05, 0.1) is 0 Å². The number of fused-ring (bicyclic) bond motifs is 1. The van der Waals surface area contributed by atoms with Gasteiger partial charge in [-0.2, -0.15) is 0 Å². The minimum absolute atomic E-state index is 0. The van der Waals surface area contributed by atoms with E-state index < -0.39 is 0 Å². The molecule has 1 aliphatic heterocycles. The van der Waals surface area contributed by atoms with Crippen LogP contribution in [-0.2, 0) is 6.54 Å². The summed E-state index contributed by atoms with van der Waals surface area (Å²) in [5.74, 6) is 2.43. The molecule has 0 bridgehead atoms. The standard InChI is InChI=1S/C14H21N3O2.HI/c1-4-10(2)17-14(15-3)16-8-11-5-6-12-13(7-11)19-9-18-12;/h5-7,10H,4,8-9H2,1-3H3,(H2,15,16,17);1H. The maximum Gasteiger partial charge on any atom is 0.231 e. The maximum atomic E-state index is 5.36. The van der Waals surface area contributed by atoms with E-state index in [2.05, 4.69) is 29.5 Å². The molecule has 1 unspecified atom stereocenters. The second-order valence-corrected chi connectivity index (χ2v) is 4.57. The van der Waals surface area contributed by atoms with Gasteiger partial charge in [0, 0.05) is 19.6 Å². The van der Waals surface area contributed by atoms with Crippen LogP contribution in [0.15, 0.2) is 23.2 Å². The zero-order valence-electron chi connectivity index (χ0n) is 12.1. The van der Waals surface area contributed by atoms with Crippen LogP contribution in [0.4, 0.5) is 0 Å². The fourth-order valence-corrected chi connectivity index (χ4v) is 1.77. The molecule has 1 heterocycles. The van der Waals surface area contributed by atoms with Crippen molar-refractivity contribution in [2.45, 2.75) is 32.9 Å². The second-order valence-electron chi connectivity index (χ2n) is 4.57. The Bertz CT molecular complexity index is 466. The van der Waals surface area contributed by atoms with Gasteiger partial charge in [0.25, 0.3) is 0 Å². The molecule has 0 amide bonds. The van der Waals surface area contributed by atoms with Gasteiger partial charge < -0.3 is 20.1 Å². The van der Waals surface area contributed by atoms with E-state index >= 15 is 0 Å². The monoisotopic (exact) mass is 391 g/mol. The van der Waals surface area contributed by atoms with Gasteiger partial charge in [-0.15, -0.1) is 24.0 Å². The fraction of sp³-hybridized carbons (Fsp3) is 0.500. The Hall–Kier alpha value is -1.18. The normalized spacial score (nSPS) is 14.4. The number of nitrogens with zero attached hydrogens (tertiary/aromatic N) is 1. The van der Waals surface area contributed by atoms with Gasteiger partial charge in [0.15, 0.2) is 17.5 Å². The van der Waals surface area contributed by atoms with Crippen LogP contribution < -0.4 is 20.1 Å². The van der Waals surface area contributed by atoms with Gasteiger partial charge in [-0.05, 0) is 31.0 Å². The third-order valence-electron chi connectivity index (χ3n) is 3.12. The molecule has 0 aromatic heterocycles. The van der Waals surface area contributed by atoms with Crippen molar-refractivity contribution < 1.29 is 9.47 Å². The summed E-state index contributed by atoms with van der Waals surface area (Å²) in [6.45, 7) is 5.28. The van der Waals surface area contributed by atoms with Crippen molar-refractivity contribution in [2.24, 2.45) is 4.99 Å². The minimum Gasteiger partial charge on any atom is -0.454 e. The molecule has 6 heteroatoms. The van der Waals surface area contributed by atoms with Crippen molar-refractivity contribution in [1.29, 1.82) is 0 Å². The molecule has 2 rings (SSSR count). The maximum absolute atomic E-state index is 5.36. The van der Waals surface area contributed by atoms with Crippen LogP contribution in [0.3, 0.4) is 0 Å². The summed E-state index contributed by atoms with van der Waals surface area (Å²) < 4.78 is 10.6. The molecule has 1 aliphatic rings. The Morgan fingerprint density at radius 3 is 2.80 bits per heavy atom. The summed E-state index contributed by atoms with van der Waals surface area (Å²) in [6.07, 6.45) is 1.06. The van der Waals surface area contributed by atoms with Gasteiger partial charge >= 0.3 is 0 Å². The molecule has 5 nitrogen and oxygen atoms in total. The summed E-state index contributed by atoms with van der Waals surface area (Å²) in [5.41, 5.74) is 1.14. The summed E-state index contributed by atoms with van der Waals surface area (Å²) in [5, 5.41) is 6.61. The van der Waals surface area contributed by atoms with Gasteiger partial charge in [0.1, 0.15) is 0 Å². The van der Waals surface area contributed by atoms with Crippen LogP contribution in [-0.4, -0.2) is 25.8 Å². The van der Waals surface area contributed by atoms with E-state index in [0.717, 1.165) is 29.4 Å². The van der Waals surface area contributed by atoms with Crippen molar-refractivity contribution >= 4 is 29.9 Å². The van der Waals surface area contributed by atoms with Crippen LogP contribution >= 0.6 is 24.0 Å².